The highest BCUT2D eigenvalue weighted by Gasteiger charge is 2.45. The maximum atomic E-state index is 17.1. The van der Waals surface area contributed by atoms with Crippen molar-refractivity contribution in [2.75, 3.05) is 62.4 Å². The fourth-order valence-electron chi connectivity index (χ4n) is 15.9. The molecule has 10 aromatic rings. The van der Waals surface area contributed by atoms with Gasteiger partial charge >= 0.3 is 41.8 Å². The average molecular weight is 1620 g/mol. The number of nitrogens with zero attached hydrogens (tertiary/aromatic N) is 14. The van der Waals surface area contributed by atoms with Gasteiger partial charge < -0.3 is 58.8 Å². The number of rotatable bonds is 14. The van der Waals surface area contributed by atoms with Crippen LogP contribution in [0.4, 0.5) is 41.1 Å². The molecule has 4 aliphatic heterocycles. The third-order valence-corrected chi connectivity index (χ3v) is 21.6. The second-order valence-electron chi connectivity index (χ2n) is 32.5. The topological polar surface area (TPSA) is 357 Å². The third-order valence-electron chi connectivity index (χ3n) is 21.3. The predicted octanol–water partition coefficient (Wildman–Crippen LogP) is 13.1. The Labute approximate surface area is 673 Å². The molecule has 6 atom stereocenters. The smallest absolute Gasteiger partial charge is 0.444 e. The Morgan fingerprint density at radius 1 is 0.612 bits per heavy atom. The van der Waals surface area contributed by atoms with E-state index in [2.05, 4.69) is 15.2 Å². The van der Waals surface area contributed by atoms with Crippen molar-refractivity contribution in [3.63, 3.8) is 0 Å². The average Bonchev–Trinajstić information content (AvgIpc) is 0.836. The first-order valence-corrected chi connectivity index (χ1v) is 39.3. The third kappa shape index (κ3) is 16.9. The first-order valence-electron chi connectivity index (χ1n) is 38.9. The quantitative estimate of drug-likeness (QED) is 0.0340. The summed E-state index contributed by atoms with van der Waals surface area (Å²) in [7, 11) is -1.48. The minimum Gasteiger partial charge on any atom is -0.444 e. The van der Waals surface area contributed by atoms with Crippen LogP contribution in [0, 0.1) is 45.7 Å². The molecule has 4 N–H and O–H groups in total. The van der Waals surface area contributed by atoms with Gasteiger partial charge in [0, 0.05) is 67.8 Å². The molecule has 0 saturated carbocycles. The second kappa shape index (κ2) is 34.3. The SMILES string of the molecule is CC(C)c1ccccc1-n1c(=O)c([N+](=O)[O-])c(N2C[C@@H](C)N(C(=O)OC(C)(C)C)C[C@@H]2CO)c2cc(F)c(Cl)nc21.Cc1ccc2c(cnn2C2CCCCO2)c1-c1nc2c(cc1F)c(N1C[C@@H](C)N(C(=O)OC(C)(C)C)C[C@@H]1CO)c([N+](=O)[O-])c(=O)n2-c1ccccc1C(C)C.Cc1ccc2c(cnn2C2CCCCO2)c1B(O)O. The molecular weight excluding hydrogens is 1520 g/mol. The van der Waals surface area contributed by atoms with Crippen molar-refractivity contribution >= 4 is 103 Å². The fraction of sp³-hybridized carbons (Fsp3) is 0.463. The van der Waals surface area contributed by atoms with Gasteiger partial charge in [-0.25, -0.2) is 37.7 Å². The largest absolute Gasteiger partial charge is 0.489 e. The number of aliphatic hydroxyl groups excluding tert-OH is 2. The Balaban J connectivity index is 0.000000179. The molecule has 10 heterocycles. The van der Waals surface area contributed by atoms with Gasteiger partial charge in [0.15, 0.2) is 34.7 Å². The highest BCUT2D eigenvalue weighted by molar-refractivity contribution is 6.62. The molecule has 6 aromatic heterocycles. The number of carbonyl (C=O) groups excluding carboxylic acids is 2. The lowest BCUT2D eigenvalue weighted by atomic mass is 9.75. The summed E-state index contributed by atoms with van der Waals surface area (Å²) in [5.74, 6) is -1.87. The number of pyridine rings is 4. The zero-order valence-corrected chi connectivity index (χ0v) is 68.2. The molecule has 4 aromatic carbocycles. The molecule has 0 radical (unpaired) electrons. The molecule has 616 valence electrons. The number of ether oxygens (including phenoxy) is 4. The number of anilines is 2. The number of piperazine rings is 2. The van der Waals surface area contributed by atoms with Crippen LogP contribution in [0.1, 0.15) is 168 Å². The van der Waals surface area contributed by atoms with Crippen molar-refractivity contribution in [3.8, 4) is 22.6 Å². The van der Waals surface area contributed by atoms with E-state index in [1.165, 1.54) is 30.2 Å². The summed E-state index contributed by atoms with van der Waals surface area (Å²) < 4.78 is 60.9. The molecule has 0 bridgehead atoms. The number of fused-ring (bicyclic) bond motifs is 4. The van der Waals surface area contributed by atoms with Gasteiger partial charge in [0.25, 0.3) is 0 Å². The van der Waals surface area contributed by atoms with E-state index in [-0.39, 0.29) is 89.6 Å². The summed E-state index contributed by atoms with van der Waals surface area (Å²) in [5.41, 5.74) is 0.705. The van der Waals surface area contributed by atoms with Crippen LogP contribution in [-0.2, 0) is 18.9 Å². The first-order chi connectivity index (χ1) is 54.9. The molecule has 2 unspecified atom stereocenters. The number of hydrogen-bond acceptors (Lipinski definition) is 22. The van der Waals surface area contributed by atoms with E-state index in [1.807, 2.05) is 82.6 Å². The van der Waals surface area contributed by atoms with Gasteiger partial charge in [-0.1, -0.05) is 93.4 Å². The molecule has 116 heavy (non-hydrogen) atoms. The zero-order chi connectivity index (χ0) is 84.0. The van der Waals surface area contributed by atoms with Gasteiger partial charge in [-0.05, 0) is 178 Å². The summed E-state index contributed by atoms with van der Waals surface area (Å²) in [4.78, 5) is 94.2. The maximum Gasteiger partial charge on any atom is 0.489 e. The Morgan fingerprint density at radius 3 is 1.45 bits per heavy atom. The molecular formula is C82H98BClF2N14O16. The Bertz CT molecular complexity index is 5540. The number of para-hydroxylation sites is 2. The lowest BCUT2D eigenvalue weighted by Crippen LogP contribution is -2.61. The summed E-state index contributed by atoms with van der Waals surface area (Å²) in [6.07, 6.45) is 7.73. The van der Waals surface area contributed by atoms with Gasteiger partial charge in [-0.15, -0.1) is 0 Å². The Morgan fingerprint density at radius 2 is 1.03 bits per heavy atom. The van der Waals surface area contributed by atoms with Crippen LogP contribution in [0.5, 0.6) is 0 Å². The molecule has 30 nitrogen and oxygen atoms in total. The number of aryl methyl sites for hydroxylation is 2. The number of nitro groups is 2. The van der Waals surface area contributed by atoms with Crippen LogP contribution < -0.4 is 26.4 Å². The van der Waals surface area contributed by atoms with Crippen LogP contribution in [0.25, 0.3) is 66.5 Å². The van der Waals surface area contributed by atoms with Crippen molar-refractivity contribution in [1.29, 1.82) is 0 Å². The van der Waals surface area contributed by atoms with E-state index in [9.17, 15) is 64.1 Å². The molecule has 2 amide bonds. The summed E-state index contributed by atoms with van der Waals surface area (Å²) in [6, 6.07) is 20.9. The summed E-state index contributed by atoms with van der Waals surface area (Å²) in [6.45, 7) is 25.4. The number of amides is 2. The van der Waals surface area contributed by atoms with Gasteiger partial charge in [0.1, 0.15) is 34.1 Å². The fourth-order valence-corrected chi connectivity index (χ4v) is 16.0. The van der Waals surface area contributed by atoms with Crippen LogP contribution in [0.2, 0.25) is 5.15 Å². The van der Waals surface area contributed by atoms with Gasteiger partial charge in [-0.2, -0.15) is 10.2 Å². The minimum absolute atomic E-state index is 0.00146. The lowest BCUT2D eigenvalue weighted by Gasteiger charge is -2.45. The van der Waals surface area contributed by atoms with E-state index < -0.39 is 117 Å². The van der Waals surface area contributed by atoms with Crippen molar-refractivity contribution in [2.45, 2.75) is 195 Å². The summed E-state index contributed by atoms with van der Waals surface area (Å²) >= 11 is 6.08. The monoisotopic (exact) mass is 1620 g/mol. The molecule has 0 aliphatic carbocycles. The van der Waals surface area contributed by atoms with Crippen molar-refractivity contribution < 1.29 is 67.4 Å². The van der Waals surface area contributed by atoms with Crippen molar-refractivity contribution in [1.82, 2.24) is 48.5 Å². The zero-order valence-electron chi connectivity index (χ0n) is 67.4. The van der Waals surface area contributed by atoms with Crippen LogP contribution in [-0.4, -0.2) is 186 Å². The standard InChI is InChI=1S/C41H48FN7O7.C28H33ClFN5O6.C13H17BN2O3/c1-23(2)27-12-8-9-13-31(27)47-38-28(18-30(42)35(44-38)34-24(3)15-16-32-29(34)19-43-48(32)33-14-10-11-17-55-33)36(37(39(47)51)49(53)54)46-20-25(4)45(21-26(46)22-50)40(52)56-41(5,6)7;1-15(2)18-9-7-8-10-21(18)34-25-19(11-20(30)24(29)31-25)22(23(26(34)37)35(39)40)33-12-16(3)32(13-17(33)14-36)27(38)41-28(4,5)6;1-9-5-6-11-10(13(9)14(17)18)8-15-16(11)12-4-2-3-7-19-12/h8-9,12-13,15-16,18-19,23,25-26,33,50H,10-11,14,17,20-22H2,1-7H3;7-11,15-17,36H,12-14H2,1-6H3;5-6,8,12,17-18H,2-4,7H2,1H3/t25-,26-,33?;16-,17-;/m11./s1. The van der Waals surface area contributed by atoms with E-state index in [1.54, 1.807) is 109 Å². The number of carbonyl (C=O) groups is 2. The Kier molecular flexibility index (Phi) is 25.1. The van der Waals surface area contributed by atoms with E-state index in [0.717, 1.165) is 83.3 Å². The Hall–Kier alpha value is -10.5. The van der Waals surface area contributed by atoms with E-state index in [4.69, 9.17) is 35.5 Å². The lowest BCUT2D eigenvalue weighted by molar-refractivity contribution is -0.385. The predicted molar refractivity (Wildman–Crippen MR) is 438 cm³/mol. The van der Waals surface area contributed by atoms with Crippen LogP contribution >= 0.6 is 11.6 Å². The molecule has 4 fully saturated rings. The number of aromatic nitrogens is 8. The van der Waals surface area contributed by atoms with E-state index in [0.29, 0.717) is 45.5 Å². The minimum atomic E-state index is -1.48. The number of benzene rings is 4. The van der Waals surface area contributed by atoms with Gasteiger partial charge in [0.05, 0.1) is 80.7 Å². The molecule has 4 saturated heterocycles. The van der Waals surface area contributed by atoms with Crippen LogP contribution in [0.15, 0.2) is 107 Å². The van der Waals surface area contributed by atoms with E-state index >= 15 is 4.39 Å². The van der Waals surface area contributed by atoms with Crippen LogP contribution in [0.3, 0.4) is 0 Å². The van der Waals surface area contributed by atoms with Gasteiger partial charge in [0.2, 0.25) is 0 Å². The maximum absolute atomic E-state index is 17.1. The highest BCUT2D eigenvalue weighted by atomic mass is 35.5. The first kappa shape index (κ1) is 84.8. The van der Waals surface area contributed by atoms with Gasteiger partial charge in [-0.3, -0.25) is 39.0 Å². The van der Waals surface area contributed by atoms with Crippen molar-refractivity contribution in [2.24, 2.45) is 0 Å². The molecule has 14 rings (SSSR count). The highest BCUT2D eigenvalue weighted by Crippen LogP contribution is 2.44. The second-order valence-corrected chi connectivity index (χ2v) is 32.9. The molecule has 34 heteroatoms. The number of hydrogen-bond donors (Lipinski definition) is 4. The molecule has 4 aliphatic rings. The normalized spacial score (nSPS) is 18.9. The number of aliphatic hydroxyl groups is 2. The molecule has 0 spiro atoms. The number of halogens is 3. The van der Waals surface area contributed by atoms with Crippen molar-refractivity contribution in [3.05, 3.63) is 177 Å². The summed E-state index contributed by atoms with van der Waals surface area (Å²) in [5, 5.41) is 75.7.